The van der Waals surface area contributed by atoms with Gasteiger partial charge in [0, 0.05) is 53.3 Å². The summed E-state index contributed by atoms with van der Waals surface area (Å²) in [6.45, 7) is 0. The summed E-state index contributed by atoms with van der Waals surface area (Å²) in [5.74, 6) is 1.85. The van der Waals surface area contributed by atoms with E-state index in [1.807, 2.05) is 47.7 Å². The van der Waals surface area contributed by atoms with E-state index in [-0.39, 0.29) is 0 Å². The minimum Gasteiger partial charge on any atom is -0.309 e. The maximum atomic E-state index is 5.39. The van der Waals surface area contributed by atoms with E-state index in [9.17, 15) is 0 Å². The topological polar surface area (TPSA) is 43.6 Å². The van der Waals surface area contributed by atoms with Crippen LogP contribution in [0.4, 0.5) is 0 Å². The smallest absolute Gasteiger partial charge is 0.164 e. The zero-order chi connectivity index (χ0) is 45.0. The van der Waals surface area contributed by atoms with Crippen molar-refractivity contribution < 1.29 is 0 Å². The summed E-state index contributed by atoms with van der Waals surface area (Å²) < 4.78 is 4.91. The van der Waals surface area contributed by atoms with Crippen molar-refractivity contribution in [3.05, 3.63) is 243 Å². The van der Waals surface area contributed by atoms with Crippen molar-refractivity contribution in [3.63, 3.8) is 0 Å². The van der Waals surface area contributed by atoms with Crippen molar-refractivity contribution in [1.29, 1.82) is 0 Å². The molecule has 68 heavy (non-hydrogen) atoms. The Morgan fingerprint density at radius 2 is 0.809 bits per heavy atom. The molecule has 0 unspecified atom stereocenters. The number of hydrogen-bond acceptors (Lipinski definition) is 4. The van der Waals surface area contributed by atoms with Crippen LogP contribution in [0.1, 0.15) is 0 Å². The molecular formula is C63H40N4S. The molecule has 13 rings (SSSR count). The second kappa shape index (κ2) is 16.6. The molecule has 0 N–H and O–H groups in total. The molecule has 0 aliphatic heterocycles. The van der Waals surface area contributed by atoms with E-state index in [1.165, 1.54) is 42.0 Å². The average Bonchev–Trinajstić information content (AvgIpc) is 3.98. The molecule has 0 radical (unpaired) electrons. The van der Waals surface area contributed by atoms with Crippen LogP contribution in [-0.4, -0.2) is 19.5 Å². The van der Waals surface area contributed by atoms with Gasteiger partial charge in [0.25, 0.3) is 0 Å². The normalized spacial score (nSPS) is 11.5. The van der Waals surface area contributed by atoms with E-state index in [0.717, 1.165) is 66.9 Å². The van der Waals surface area contributed by atoms with Crippen molar-refractivity contribution in [2.45, 2.75) is 0 Å². The summed E-state index contributed by atoms with van der Waals surface area (Å²) in [5.41, 5.74) is 15.3. The molecule has 5 heteroatoms. The molecule has 0 fully saturated rings. The molecule has 0 aliphatic rings. The first-order valence-electron chi connectivity index (χ1n) is 22.9. The van der Waals surface area contributed by atoms with Crippen molar-refractivity contribution in [3.8, 4) is 84.4 Å². The van der Waals surface area contributed by atoms with Crippen LogP contribution in [0.25, 0.3) is 126 Å². The van der Waals surface area contributed by atoms with Gasteiger partial charge in [0.15, 0.2) is 17.5 Å². The lowest BCUT2D eigenvalue weighted by molar-refractivity contribution is 1.07. The summed E-state index contributed by atoms with van der Waals surface area (Å²) in [5, 5.41) is 4.91. The van der Waals surface area contributed by atoms with Gasteiger partial charge in [-0.3, -0.25) is 0 Å². The van der Waals surface area contributed by atoms with Gasteiger partial charge in [-0.15, -0.1) is 11.3 Å². The number of benzene rings is 10. The monoisotopic (exact) mass is 884 g/mol. The van der Waals surface area contributed by atoms with E-state index in [4.69, 9.17) is 15.0 Å². The molecule has 3 heterocycles. The van der Waals surface area contributed by atoms with Crippen molar-refractivity contribution in [2.24, 2.45) is 0 Å². The number of hydrogen-bond donors (Lipinski definition) is 0. The first-order chi connectivity index (χ1) is 33.7. The average molecular weight is 885 g/mol. The zero-order valence-corrected chi connectivity index (χ0v) is 37.6. The number of rotatable bonds is 8. The van der Waals surface area contributed by atoms with Gasteiger partial charge in [-0.25, -0.2) is 15.0 Å². The second-order valence-electron chi connectivity index (χ2n) is 17.1. The molecule has 0 atom stereocenters. The SMILES string of the molecule is c1ccc(-c2cc(-c3ccccc3)cc(-c3ccc(-c4cccc5sc6ccc7c8ccccc8n(-c8ccccc8)c7c6c45)c(-c4nc(-c5ccccc5)nc(-c5ccccc5)n4)c3)c2)cc1. The van der Waals surface area contributed by atoms with Gasteiger partial charge in [-0.05, 0) is 99.1 Å². The van der Waals surface area contributed by atoms with Gasteiger partial charge in [0.1, 0.15) is 0 Å². The van der Waals surface area contributed by atoms with Crippen LogP contribution in [0.5, 0.6) is 0 Å². The largest absolute Gasteiger partial charge is 0.309 e. The van der Waals surface area contributed by atoms with E-state index in [2.05, 4.69) is 211 Å². The fourth-order valence-corrected chi connectivity index (χ4v) is 11.0. The highest BCUT2D eigenvalue weighted by atomic mass is 32.1. The molecule has 0 spiro atoms. The predicted molar refractivity (Wildman–Crippen MR) is 285 cm³/mol. The fourth-order valence-electron chi connectivity index (χ4n) is 9.89. The van der Waals surface area contributed by atoms with Gasteiger partial charge in [0.2, 0.25) is 0 Å². The van der Waals surface area contributed by atoms with Gasteiger partial charge in [-0.1, -0.05) is 188 Å². The van der Waals surface area contributed by atoms with Gasteiger partial charge in [-0.2, -0.15) is 0 Å². The van der Waals surface area contributed by atoms with Gasteiger partial charge >= 0.3 is 0 Å². The third-order valence-electron chi connectivity index (χ3n) is 13.0. The number of aromatic nitrogens is 4. The molecule has 0 bridgehead atoms. The fraction of sp³-hybridized carbons (Fsp3) is 0. The summed E-state index contributed by atoms with van der Waals surface area (Å²) in [4.78, 5) is 15.9. The Balaban J connectivity index is 1.12. The molecule has 13 aromatic rings. The summed E-state index contributed by atoms with van der Waals surface area (Å²) in [6.07, 6.45) is 0. The quantitative estimate of drug-likeness (QED) is 0.153. The molecule has 4 nitrogen and oxygen atoms in total. The van der Waals surface area contributed by atoms with Gasteiger partial charge in [0.05, 0.1) is 11.0 Å². The third kappa shape index (κ3) is 6.88. The van der Waals surface area contributed by atoms with E-state index < -0.39 is 0 Å². The summed E-state index contributed by atoms with van der Waals surface area (Å²) in [6, 6.07) is 86.5. The van der Waals surface area contributed by atoms with Crippen LogP contribution in [0.3, 0.4) is 0 Å². The molecule has 0 saturated heterocycles. The standard InChI is InChI=1S/C63H40N4S/c1-6-19-41(20-7-1)46-37-47(42-21-8-2-9-22-42)39-48(38-46)45-33-34-50(54(40-45)63-65-61(43-23-10-3-11-24-43)64-62(66-63)44-25-12-4-13-26-44)52-30-18-32-56-58(52)59-57(68-56)36-35-53-51-29-16-17-31-55(51)67(60(53)59)49-27-14-5-15-28-49/h1-40H. The Labute approximate surface area is 397 Å². The van der Waals surface area contributed by atoms with E-state index in [0.29, 0.717) is 17.5 Å². The molecule has 10 aromatic carbocycles. The van der Waals surface area contributed by atoms with Crippen LogP contribution in [-0.2, 0) is 0 Å². The molecule has 0 amide bonds. The maximum absolute atomic E-state index is 5.39. The zero-order valence-electron chi connectivity index (χ0n) is 36.8. The van der Waals surface area contributed by atoms with E-state index in [1.54, 1.807) is 0 Å². The predicted octanol–water partition coefficient (Wildman–Crippen LogP) is 17.0. The number of fused-ring (bicyclic) bond motifs is 7. The Morgan fingerprint density at radius 3 is 1.43 bits per heavy atom. The molecule has 318 valence electrons. The number of nitrogens with zero attached hydrogens (tertiary/aromatic N) is 4. The lowest BCUT2D eigenvalue weighted by atomic mass is 9.89. The third-order valence-corrected chi connectivity index (χ3v) is 14.2. The lowest BCUT2D eigenvalue weighted by Crippen LogP contribution is -2.01. The highest BCUT2D eigenvalue weighted by Gasteiger charge is 2.23. The molecule has 0 saturated carbocycles. The Bertz CT molecular complexity index is 3880. The lowest BCUT2D eigenvalue weighted by Gasteiger charge is -2.16. The maximum Gasteiger partial charge on any atom is 0.164 e. The Hall–Kier alpha value is -8.77. The van der Waals surface area contributed by atoms with E-state index >= 15 is 0 Å². The van der Waals surface area contributed by atoms with Crippen LogP contribution in [0, 0.1) is 0 Å². The summed E-state index contributed by atoms with van der Waals surface area (Å²) >= 11 is 1.84. The number of thiophene rings is 1. The molecule has 0 aliphatic carbocycles. The van der Waals surface area contributed by atoms with Crippen molar-refractivity contribution in [1.82, 2.24) is 19.5 Å². The summed E-state index contributed by atoms with van der Waals surface area (Å²) in [7, 11) is 0. The Kier molecular flexibility index (Phi) is 9.66. The van der Waals surface area contributed by atoms with Crippen LogP contribution < -0.4 is 0 Å². The highest BCUT2D eigenvalue weighted by molar-refractivity contribution is 7.26. The highest BCUT2D eigenvalue weighted by Crippen LogP contribution is 2.48. The van der Waals surface area contributed by atoms with Crippen LogP contribution in [0.2, 0.25) is 0 Å². The van der Waals surface area contributed by atoms with Crippen LogP contribution >= 0.6 is 11.3 Å². The minimum absolute atomic E-state index is 0.608. The Morgan fingerprint density at radius 1 is 0.294 bits per heavy atom. The first-order valence-corrected chi connectivity index (χ1v) is 23.7. The van der Waals surface area contributed by atoms with Crippen molar-refractivity contribution >= 4 is 53.3 Å². The molecular weight excluding hydrogens is 845 g/mol. The minimum atomic E-state index is 0.608. The number of para-hydroxylation sites is 2. The second-order valence-corrected chi connectivity index (χ2v) is 18.2. The first kappa shape index (κ1) is 39.6. The molecule has 3 aromatic heterocycles. The van der Waals surface area contributed by atoms with Crippen LogP contribution in [0.15, 0.2) is 243 Å². The van der Waals surface area contributed by atoms with Gasteiger partial charge < -0.3 is 4.57 Å². The van der Waals surface area contributed by atoms with Crippen molar-refractivity contribution in [2.75, 3.05) is 0 Å².